The minimum absolute atomic E-state index is 0.0183. The van der Waals surface area contributed by atoms with Crippen molar-refractivity contribution in [3.8, 4) is 17.2 Å². The van der Waals surface area contributed by atoms with Crippen LogP contribution in [0.2, 0.25) is 0 Å². The van der Waals surface area contributed by atoms with Gasteiger partial charge in [-0.1, -0.05) is 32.0 Å². The first kappa shape index (κ1) is 23.5. The number of ether oxygens (including phenoxy) is 2. The van der Waals surface area contributed by atoms with Crippen molar-refractivity contribution < 1.29 is 26.9 Å². The van der Waals surface area contributed by atoms with E-state index in [1.165, 1.54) is 7.11 Å². The molecule has 0 heterocycles. The Balaban J connectivity index is 2.22. The number of hydrogen-bond donors (Lipinski definition) is 0. The van der Waals surface area contributed by atoms with Gasteiger partial charge in [0.1, 0.15) is 5.75 Å². The van der Waals surface area contributed by atoms with Gasteiger partial charge in [0.05, 0.1) is 26.9 Å². The quantitative estimate of drug-likeness (QED) is 0.533. The van der Waals surface area contributed by atoms with Crippen molar-refractivity contribution in [2.24, 2.45) is 5.92 Å². The van der Waals surface area contributed by atoms with E-state index >= 15 is 0 Å². The minimum atomic E-state index is -3.71. The van der Waals surface area contributed by atoms with Crippen LogP contribution in [0.3, 0.4) is 0 Å². The first-order valence-corrected chi connectivity index (χ1v) is 11.4. The summed E-state index contributed by atoms with van der Waals surface area (Å²) in [5, 5.41) is 0. The molecule has 0 saturated carbocycles. The van der Waals surface area contributed by atoms with Crippen molar-refractivity contribution in [1.82, 2.24) is 4.90 Å². The van der Waals surface area contributed by atoms with E-state index in [9.17, 15) is 13.2 Å². The van der Waals surface area contributed by atoms with Crippen LogP contribution >= 0.6 is 0 Å². The standard InChI is InChI=1S/C22H29NO6S/c1-16(2)14-23(22(24)13-17-6-9-19(27-3)10-7-17)15-18-8-11-20(28-4)21(12-18)29-30(5,25)26/h6-12,16H,13-15H2,1-5H3. The Bertz CT molecular complexity index is 954. The molecule has 0 bridgehead atoms. The highest BCUT2D eigenvalue weighted by molar-refractivity contribution is 7.86. The molecule has 0 atom stereocenters. The molecule has 0 unspecified atom stereocenters. The van der Waals surface area contributed by atoms with Crippen molar-refractivity contribution in [2.45, 2.75) is 26.8 Å². The molecule has 2 aromatic rings. The zero-order chi connectivity index (χ0) is 22.3. The number of carbonyl (C=O) groups excluding carboxylic acids is 1. The predicted octanol–water partition coefficient (Wildman–Crippen LogP) is 3.27. The predicted molar refractivity (Wildman–Crippen MR) is 115 cm³/mol. The molecule has 2 rings (SSSR count). The second kappa shape index (κ2) is 10.3. The average Bonchev–Trinajstić information content (AvgIpc) is 2.66. The van der Waals surface area contributed by atoms with Gasteiger partial charge in [0.25, 0.3) is 0 Å². The Kier molecular flexibility index (Phi) is 8.11. The van der Waals surface area contributed by atoms with E-state index in [0.29, 0.717) is 18.8 Å². The zero-order valence-corrected chi connectivity index (χ0v) is 18.9. The smallest absolute Gasteiger partial charge is 0.306 e. The first-order valence-electron chi connectivity index (χ1n) is 9.58. The van der Waals surface area contributed by atoms with Gasteiger partial charge in [-0.05, 0) is 41.3 Å². The fourth-order valence-electron chi connectivity index (χ4n) is 2.99. The fraction of sp³-hybridized carbons (Fsp3) is 0.409. The molecule has 0 radical (unpaired) electrons. The van der Waals surface area contributed by atoms with E-state index < -0.39 is 10.1 Å². The number of nitrogens with zero attached hydrogens (tertiary/aromatic N) is 1. The monoisotopic (exact) mass is 435 g/mol. The van der Waals surface area contributed by atoms with Crippen LogP contribution in [0, 0.1) is 5.92 Å². The van der Waals surface area contributed by atoms with Crippen LogP contribution in [0.1, 0.15) is 25.0 Å². The van der Waals surface area contributed by atoms with E-state index in [1.807, 2.05) is 38.1 Å². The molecule has 0 aromatic heterocycles. The van der Waals surface area contributed by atoms with E-state index in [4.69, 9.17) is 13.7 Å². The molecule has 0 N–H and O–H groups in total. The van der Waals surface area contributed by atoms with Gasteiger partial charge in [0, 0.05) is 13.1 Å². The van der Waals surface area contributed by atoms with Gasteiger partial charge in [-0.3, -0.25) is 4.79 Å². The van der Waals surface area contributed by atoms with Gasteiger partial charge in [-0.25, -0.2) is 0 Å². The Morgan fingerprint density at radius 2 is 1.60 bits per heavy atom. The summed E-state index contributed by atoms with van der Waals surface area (Å²) in [6, 6.07) is 12.4. The highest BCUT2D eigenvalue weighted by atomic mass is 32.2. The van der Waals surface area contributed by atoms with Crippen LogP contribution in [-0.2, 0) is 27.9 Å². The van der Waals surface area contributed by atoms with E-state index in [2.05, 4.69) is 0 Å². The fourth-order valence-corrected chi connectivity index (χ4v) is 3.45. The molecule has 0 aliphatic heterocycles. The number of carbonyl (C=O) groups is 1. The molecule has 2 aromatic carbocycles. The van der Waals surface area contributed by atoms with Crippen molar-refractivity contribution in [3.63, 3.8) is 0 Å². The van der Waals surface area contributed by atoms with Gasteiger partial charge in [-0.15, -0.1) is 0 Å². The molecular formula is C22H29NO6S. The van der Waals surface area contributed by atoms with E-state index in [1.54, 1.807) is 30.2 Å². The van der Waals surface area contributed by atoms with Crippen molar-refractivity contribution in [1.29, 1.82) is 0 Å². The molecule has 0 aliphatic carbocycles. The topological polar surface area (TPSA) is 82.1 Å². The highest BCUT2D eigenvalue weighted by Crippen LogP contribution is 2.30. The van der Waals surface area contributed by atoms with Crippen molar-refractivity contribution >= 4 is 16.0 Å². The SMILES string of the molecule is COc1ccc(CC(=O)N(Cc2ccc(OC)c(OS(C)(=O)=O)c2)CC(C)C)cc1. The van der Waals surface area contributed by atoms with Crippen LogP contribution in [0.15, 0.2) is 42.5 Å². The second-order valence-corrected chi connectivity index (χ2v) is 9.04. The van der Waals surface area contributed by atoms with Gasteiger partial charge < -0.3 is 18.6 Å². The molecule has 8 heteroatoms. The summed E-state index contributed by atoms with van der Waals surface area (Å²) < 4.78 is 38.5. The molecule has 0 spiro atoms. The van der Waals surface area contributed by atoms with Crippen LogP contribution in [0.25, 0.3) is 0 Å². The highest BCUT2D eigenvalue weighted by Gasteiger charge is 2.18. The maximum Gasteiger partial charge on any atom is 0.306 e. The number of hydrogen-bond acceptors (Lipinski definition) is 6. The van der Waals surface area contributed by atoms with Gasteiger partial charge in [0.15, 0.2) is 11.5 Å². The third-order valence-electron chi connectivity index (χ3n) is 4.30. The zero-order valence-electron chi connectivity index (χ0n) is 18.0. The maximum absolute atomic E-state index is 13.0. The summed E-state index contributed by atoms with van der Waals surface area (Å²) in [4.78, 5) is 14.8. The van der Waals surface area contributed by atoms with Gasteiger partial charge in [-0.2, -0.15) is 8.42 Å². The Morgan fingerprint density at radius 1 is 0.967 bits per heavy atom. The first-order chi connectivity index (χ1) is 14.1. The molecule has 30 heavy (non-hydrogen) atoms. The third-order valence-corrected chi connectivity index (χ3v) is 4.78. The van der Waals surface area contributed by atoms with Crippen LogP contribution in [0.5, 0.6) is 17.2 Å². The Labute approximate surface area is 178 Å². The summed E-state index contributed by atoms with van der Waals surface area (Å²) in [5.74, 6) is 1.40. The summed E-state index contributed by atoms with van der Waals surface area (Å²) >= 11 is 0. The minimum Gasteiger partial charge on any atom is -0.497 e. The number of amides is 1. The second-order valence-electron chi connectivity index (χ2n) is 7.47. The van der Waals surface area contributed by atoms with Crippen molar-refractivity contribution in [2.75, 3.05) is 27.0 Å². The number of benzene rings is 2. The van der Waals surface area contributed by atoms with Gasteiger partial charge >= 0.3 is 10.1 Å². The lowest BCUT2D eigenvalue weighted by atomic mass is 10.1. The van der Waals surface area contributed by atoms with Crippen LogP contribution < -0.4 is 13.7 Å². The lowest BCUT2D eigenvalue weighted by Gasteiger charge is -2.25. The lowest BCUT2D eigenvalue weighted by Crippen LogP contribution is -2.34. The summed E-state index contributed by atoms with van der Waals surface area (Å²) in [7, 11) is -0.671. The molecule has 0 aliphatic rings. The van der Waals surface area contributed by atoms with E-state index in [-0.39, 0.29) is 24.0 Å². The molecule has 1 amide bonds. The normalized spacial score (nSPS) is 11.3. The molecule has 0 fully saturated rings. The number of methoxy groups -OCH3 is 2. The largest absolute Gasteiger partial charge is 0.497 e. The third kappa shape index (κ3) is 7.26. The molecule has 0 saturated heterocycles. The van der Waals surface area contributed by atoms with E-state index in [0.717, 1.165) is 23.1 Å². The molecule has 7 nitrogen and oxygen atoms in total. The Morgan fingerprint density at radius 3 is 2.13 bits per heavy atom. The Hall–Kier alpha value is -2.74. The average molecular weight is 436 g/mol. The summed E-state index contributed by atoms with van der Waals surface area (Å²) in [5.41, 5.74) is 1.64. The van der Waals surface area contributed by atoms with Gasteiger partial charge in [0.2, 0.25) is 5.91 Å². The van der Waals surface area contributed by atoms with Crippen molar-refractivity contribution in [3.05, 3.63) is 53.6 Å². The summed E-state index contributed by atoms with van der Waals surface area (Å²) in [6.45, 7) is 4.99. The molecule has 164 valence electrons. The van der Waals surface area contributed by atoms with Crippen LogP contribution in [-0.4, -0.2) is 46.2 Å². The van der Waals surface area contributed by atoms with Crippen LogP contribution in [0.4, 0.5) is 0 Å². The lowest BCUT2D eigenvalue weighted by molar-refractivity contribution is -0.131. The molecular weight excluding hydrogens is 406 g/mol. The summed E-state index contributed by atoms with van der Waals surface area (Å²) in [6.07, 6.45) is 1.24. The maximum atomic E-state index is 13.0. The number of rotatable bonds is 10.